The fraction of sp³-hybridized carbons (Fsp3) is 0.600. The van der Waals surface area contributed by atoms with Crippen LogP contribution in [0, 0.1) is 0 Å². The Morgan fingerprint density at radius 3 is 2.84 bits per heavy atom. The molecule has 1 fully saturated rings. The summed E-state index contributed by atoms with van der Waals surface area (Å²) in [4.78, 5) is 16.2. The fourth-order valence-electron chi connectivity index (χ4n) is 2.04. The van der Waals surface area contributed by atoms with Gasteiger partial charge >= 0.3 is 0 Å². The third-order valence-electron chi connectivity index (χ3n) is 2.85. The van der Waals surface area contributed by atoms with Crippen molar-refractivity contribution in [2.24, 2.45) is 4.99 Å². The lowest BCUT2D eigenvalue weighted by Gasteiger charge is -2.27. The van der Waals surface area contributed by atoms with Crippen LogP contribution in [0.1, 0.15) is 40.0 Å². The number of Topliss-reactive ketones (excluding diaryl/α,β-unsaturated/α-hetero) is 1. The summed E-state index contributed by atoms with van der Waals surface area (Å²) in [5.41, 5.74) is 0.720. The highest BCUT2D eigenvalue weighted by Crippen LogP contribution is 2.29. The van der Waals surface area contributed by atoms with Crippen molar-refractivity contribution in [1.29, 1.82) is 0 Å². The molecule has 1 heterocycles. The van der Waals surface area contributed by atoms with Crippen molar-refractivity contribution >= 4 is 21.2 Å². The van der Waals surface area contributed by atoms with Crippen LogP contribution in [0.3, 0.4) is 0 Å². The van der Waals surface area contributed by atoms with Crippen LogP contribution in [0.5, 0.6) is 0 Å². The van der Waals surface area contributed by atoms with Gasteiger partial charge in [-0.1, -0.05) is 19.4 Å². The lowest BCUT2D eigenvalue weighted by Crippen LogP contribution is -2.26. The molecule has 4 heteroatoms. The molecule has 0 radical (unpaired) electrons. The minimum atomic E-state index is -0.299. The number of carbonyl (C=O) groups is 1. The Morgan fingerprint density at radius 2 is 2.26 bits per heavy atom. The first-order chi connectivity index (χ1) is 8.89. The van der Waals surface area contributed by atoms with Gasteiger partial charge in [0, 0.05) is 24.8 Å². The van der Waals surface area contributed by atoms with Crippen molar-refractivity contribution in [3.8, 4) is 0 Å². The van der Waals surface area contributed by atoms with E-state index in [-0.39, 0.29) is 17.0 Å². The highest BCUT2D eigenvalue weighted by atomic mass is 31.0. The number of aliphatic imine (C=N–C) groups is 1. The highest BCUT2D eigenvalue weighted by molar-refractivity contribution is 7.21. The normalized spacial score (nSPS) is 27.8. The van der Waals surface area contributed by atoms with Crippen LogP contribution in [-0.4, -0.2) is 30.3 Å². The van der Waals surface area contributed by atoms with E-state index >= 15 is 0 Å². The molecule has 1 aliphatic heterocycles. The molecule has 0 bridgehead atoms. The molecule has 1 saturated heterocycles. The maximum atomic E-state index is 12.1. The van der Waals surface area contributed by atoms with Crippen molar-refractivity contribution in [3.63, 3.8) is 0 Å². The van der Waals surface area contributed by atoms with Gasteiger partial charge in [-0.25, -0.2) is 0 Å². The van der Waals surface area contributed by atoms with Gasteiger partial charge in [0.25, 0.3) is 0 Å². The second kappa shape index (κ2) is 7.00. The summed E-state index contributed by atoms with van der Waals surface area (Å²) >= 11 is 0. The molecule has 1 rings (SSSR count). The zero-order valence-corrected chi connectivity index (χ0v) is 13.4. The second-order valence-corrected chi connectivity index (χ2v) is 6.47. The van der Waals surface area contributed by atoms with Crippen molar-refractivity contribution < 1.29 is 9.53 Å². The average Bonchev–Trinajstić information content (AvgIpc) is 2.26. The molecular formula is C15H24NO2P. The van der Waals surface area contributed by atoms with Crippen molar-refractivity contribution in [3.05, 3.63) is 23.5 Å². The molecule has 1 aliphatic rings. The predicted molar refractivity (Wildman–Crippen MR) is 83.8 cm³/mol. The van der Waals surface area contributed by atoms with Crippen LogP contribution < -0.4 is 0 Å². The molecule has 0 spiro atoms. The Balaban J connectivity index is 3.10. The number of rotatable bonds is 4. The molecule has 0 N–H and O–H groups in total. The molecule has 0 aromatic carbocycles. The Hall–Kier alpha value is -0.950. The summed E-state index contributed by atoms with van der Waals surface area (Å²) in [7, 11) is 4.47. The van der Waals surface area contributed by atoms with Gasteiger partial charge in [-0.15, -0.1) is 9.24 Å². The molecule has 3 atom stereocenters. The van der Waals surface area contributed by atoms with Crippen LogP contribution in [-0.2, 0) is 9.53 Å². The van der Waals surface area contributed by atoms with Gasteiger partial charge in [0.1, 0.15) is 11.9 Å². The van der Waals surface area contributed by atoms with Gasteiger partial charge in [0.05, 0.1) is 5.57 Å². The van der Waals surface area contributed by atoms with E-state index in [1.54, 1.807) is 7.05 Å². The van der Waals surface area contributed by atoms with Gasteiger partial charge in [-0.2, -0.15) is 0 Å². The Kier molecular flexibility index (Phi) is 5.93. The summed E-state index contributed by atoms with van der Waals surface area (Å²) in [6, 6.07) is 0. The molecule has 0 aromatic heterocycles. The zero-order chi connectivity index (χ0) is 14.5. The van der Waals surface area contributed by atoms with E-state index in [1.807, 2.05) is 32.2 Å². The number of unbranched alkanes of at least 4 members (excludes halogenated alkanes) is 1. The quantitative estimate of drug-likeness (QED) is 0.450. The van der Waals surface area contributed by atoms with Crippen LogP contribution in [0.2, 0.25) is 0 Å². The van der Waals surface area contributed by atoms with E-state index in [0.717, 1.165) is 18.4 Å². The van der Waals surface area contributed by atoms with Crippen molar-refractivity contribution in [2.75, 3.05) is 7.05 Å². The first kappa shape index (κ1) is 16.1. The minimum absolute atomic E-state index is 0.0584. The summed E-state index contributed by atoms with van der Waals surface area (Å²) in [5.74, 6) is 0.863. The van der Waals surface area contributed by atoms with E-state index in [2.05, 4.69) is 21.2 Å². The summed E-state index contributed by atoms with van der Waals surface area (Å²) in [6.45, 7) is 6.04. The molecular weight excluding hydrogens is 257 g/mol. The average molecular weight is 281 g/mol. The molecule has 3 nitrogen and oxygen atoms in total. The number of ketones is 1. The lowest BCUT2D eigenvalue weighted by molar-refractivity contribution is -0.119. The maximum Gasteiger partial charge on any atom is 0.169 e. The Labute approximate surface area is 118 Å². The Morgan fingerprint density at radius 1 is 1.58 bits per heavy atom. The van der Waals surface area contributed by atoms with Gasteiger partial charge in [0.15, 0.2) is 5.78 Å². The lowest BCUT2D eigenvalue weighted by atomic mass is 9.97. The number of hydrogen-bond acceptors (Lipinski definition) is 3. The van der Waals surface area contributed by atoms with Gasteiger partial charge in [-0.05, 0) is 26.3 Å². The minimum Gasteiger partial charge on any atom is -0.490 e. The van der Waals surface area contributed by atoms with Gasteiger partial charge < -0.3 is 4.74 Å². The topological polar surface area (TPSA) is 38.7 Å². The first-order valence-electron chi connectivity index (χ1n) is 6.75. The van der Waals surface area contributed by atoms with Crippen molar-refractivity contribution in [1.82, 2.24) is 0 Å². The number of nitrogens with zero attached hydrogens (tertiary/aromatic N) is 1. The fourth-order valence-corrected chi connectivity index (χ4v) is 2.34. The van der Waals surface area contributed by atoms with Crippen LogP contribution >= 0.6 is 9.24 Å². The molecule has 0 aromatic rings. The zero-order valence-electron chi connectivity index (χ0n) is 12.3. The van der Waals surface area contributed by atoms with Gasteiger partial charge in [0.2, 0.25) is 0 Å². The SMILES string of the molecule is CCC/C=C1/C(=O)CC(C)O/C1=C/C(C)(P)C=NC. The smallest absolute Gasteiger partial charge is 0.169 e. The summed E-state index contributed by atoms with van der Waals surface area (Å²) < 4.78 is 5.85. The summed E-state index contributed by atoms with van der Waals surface area (Å²) in [5, 5.41) is -0.299. The molecule has 0 aliphatic carbocycles. The molecule has 0 saturated carbocycles. The van der Waals surface area contributed by atoms with Crippen LogP contribution in [0.15, 0.2) is 28.5 Å². The van der Waals surface area contributed by atoms with E-state index < -0.39 is 0 Å². The Bertz CT molecular complexity index is 422. The van der Waals surface area contributed by atoms with Crippen molar-refractivity contribution in [2.45, 2.75) is 51.3 Å². The number of allylic oxidation sites excluding steroid dienone is 3. The number of carbonyl (C=O) groups excluding carboxylic acids is 1. The standard InChI is InChI=1S/C15H24NO2P/c1-5-6-7-12-13(17)8-11(2)18-14(12)9-15(3,19)10-16-4/h7,9-11H,5-6,8,19H2,1-4H3/b12-7-,14-9+,16-10?. The van der Waals surface area contributed by atoms with E-state index in [9.17, 15) is 4.79 Å². The van der Waals surface area contributed by atoms with E-state index in [0.29, 0.717) is 12.2 Å². The molecule has 106 valence electrons. The third kappa shape index (κ3) is 4.91. The molecule has 0 amide bonds. The largest absolute Gasteiger partial charge is 0.490 e. The third-order valence-corrected chi connectivity index (χ3v) is 3.17. The molecule has 19 heavy (non-hydrogen) atoms. The summed E-state index contributed by atoms with van der Waals surface area (Å²) in [6.07, 6.45) is 8.10. The maximum absolute atomic E-state index is 12.1. The van der Waals surface area contributed by atoms with Crippen LogP contribution in [0.25, 0.3) is 0 Å². The van der Waals surface area contributed by atoms with E-state index in [4.69, 9.17) is 4.74 Å². The highest BCUT2D eigenvalue weighted by Gasteiger charge is 2.28. The second-order valence-electron chi connectivity index (χ2n) is 5.22. The number of ether oxygens (including phenoxy) is 1. The monoisotopic (exact) mass is 281 g/mol. The molecule has 3 unspecified atom stereocenters. The van der Waals surface area contributed by atoms with E-state index in [1.165, 1.54) is 0 Å². The first-order valence-corrected chi connectivity index (χ1v) is 7.32. The number of hydrogen-bond donors (Lipinski definition) is 0. The van der Waals surface area contributed by atoms with Gasteiger partial charge in [-0.3, -0.25) is 9.79 Å². The van der Waals surface area contributed by atoms with Crippen LogP contribution in [0.4, 0.5) is 0 Å². The predicted octanol–water partition coefficient (Wildman–Crippen LogP) is 3.31.